The molecule has 6 heteroatoms. The Bertz CT molecular complexity index is 564. The van der Waals surface area contributed by atoms with Gasteiger partial charge in [-0.05, 0) is 31.9 Å². The van der Waals surface area contributed by atoms with E-state index in [1.165, 1.54) is 0 Å². The highest BCUT2D eigenvalue weighted by atomic mass is 16.5. The van der Waals surface area contributed by atoms with Gasteiger partial charge >= 0.3 is 5.97 Å². The third kappa shape index (κ3) is 3.57. The largest absolute Gasteiger partial charge is 0.496 e. The molecule has 0 aromatic heterocycles. The molecule has 1 fully saturated rings. The smallest absolute Gasteiger partial charge is 0.305 e. The first-order valence-corrected chi connectivity index (χ1v) is 7.23. The standard InChI is InChI=1S/C16H21NO5/c1-11-12(4-3-5-13(11)21-2)15(20)17-16(10-14(18)19)6-8-22-9-7-16/h3-5H,6-10H2,1-2H3,(H,17,20)(H,18,19). The fraction of sp³-hybridized carbons (Fsp3) is 0.500. The van der Waals surface area contributed by atoms with Gasteiger partial charge in [0.05, 0.1) is 19.1 Å². The maximum Gasteiger partial charge on any atom is 0.305 e. The molecule has 6 nitrogen and oxygen atoms in total. The minimum absolute atomic E-state index is 0.106. The van der Waals surface area contributed by atoms with E-state index in [9.17, 15) is 9.59 Å². The van der Waals surface area contributed by atoms with Gasteiger partial charge in [-0.15, -0.1) is 0 Å². The van der Waals surface area contributed by atoms with Crippen molar-refractivity contribution >= 4 is 11.9 Å². The summed E-state index contributed by atoms with van der Waals surface area (Å²) in [5, 5.41) is 12.1. The lowest BCUT2D eigenvalue weighted by molar-refractivity contribution is -0.139. The fourth-order valence-electron chi connectivity index (χ4n) is 2.79. The molecule has 0 spiro atoms. The number of hydrogen-bond donors (Lipinski definition) is 2. The summed E-state index contributed by atoms with van der Waals surface area (Å²) in [7, 11) is 1.55. The van der Waals surface area contributed by atoms with E-state index in [-0.39, 0.29) is 12.3 Å². The average Bonchev–Trinajstić information content (AvgIpc) is 2.47. The van der Waals surface area contributed by atoms with Crippen molar-refractivity contribution in [2.24, 2.45) is 0 Å². The molecule has 120 valence electrons. The molecule has 1 saturated heterocycles. The predicted octanol–water partition coefficient (Wildman–Crippen LogP) is 1.76. The van der Waals surface area contributed by atoms with Crippen LogP contribution in [0.1, 0.15) is 35.2 Å². The highest BCUT2D eigenvalue weighted by Crippen LogP contribution is 2.27. The lowest BCUT2D eigenvalue weighted by Crippen LogP contribution is -2.53. The first-order chi connectivity index (χ1) is 10.5. The number of carbonyl (C=O) groups excluding carboxylic acids is 1. The minimum atomic E-state index is -0.926. The summed E-state index contributed by atoms with van der Waals surface area (Å²) in [5.74, 6) is -0.573. The quantitative estimate of drug-likeness (QED) is 0.866. The lowest BCUT2D eigenvalue weighted by atomic mass is 9.86. The molecule has 1 aliphatic rings. The van der Waals surface area contributed by atoms with Crippen LogP contribution in [0.2, 0.25) is 0 Å². The maximum atomic E-state index is 12.6. The second-order valence-electron chi connectivity index (χ2n) is 5.55. The van der Waals surface area contributed by atoms with Crippen LogP contribution < -0.4 is 10.1 Å². The van der Waals surface area contributed by atoms with Crippen molar-refractivity contribution in [3.63, 3.8) is 0 Å². The second kappa shape index (κ2) is 6.79. The van der Waals surface area contributed by atoms with Crippen LogP contribution in [0.4, 0.5) is 0 Å². The third-order valence-corrected chi connectivity index (χ3v) is 4.07. The van der Waals surface area contributed by atoms with Gasteiger partial charge in [0.2, 0.25) is 0 Å². The van der Waals surface area contributed by atoms with Crippen molar-refractivity contribution in [2.45, 2.75) is 31.7 Å². The van der Waals surface area contributed by atoms with Crippen LogP contribution >= 0.6 is 0 Å². The lowest BCUT2D eigenvalue weighted by Gasteiger charge is -2.37. The van der Waals surface area contributed by atoms with E-state index in [2.05, 4.69) is 5.32 Å². The molecule has 2 rings (SSSR count). The summed E-state index contributed by atoms with van der Waals surface area (Å²) in [6.45, 7) is 2.71. The number of carboxylic acid groups (broad SMARTS) is 1. The van der Waals surface area contributed by atoms with Gasteiger partial charge in [0.25, 0.3) is 5.91 Å². The number of aliphatic carboxylic acids is 1. The number of ether oxygens (including phenoxy) is 2. The number of carbonyl (C=O) groups is 2. The summed E-state index contributed by atoms with van der Waals surface area (Å²) in [5.41, 5.74) is 0.479. The zero-order valence-electron chi connectivity index (χ0n) is 12.8. The van der Waals surface area contributed by atoms with Crippen molar-refractivity contribution in [3.8, 4) is 5.75 Å². The highest BCUT2D eigenvalue weighted by molar-refractivity contribution is 5.97. The first kappa shape index (κ1) is 16.3. The molecule has 22 heavy (non-hydrogen) atoms. The van der Waals surface area contributed by atoms with E-state index in [1.807, 2.05) is 6.92 Å². The normalized spacial score (nSPS) is 16.8. The summed E-state index contributed by atoms with van der Waals surface area (Å²) in [4.78, 5) is 23.7. The summed E-state index contributed by atoms with van der Waals surface area (Å²) >= 11 is 0. The van der Waals surface area contributed by atoms with Gasteiger partial charge in [-0.1, -0.05) is 6.07 Å². The van der Waals surface area contributed by atoms with Crippen LogP contribution in [0.15, 0.2) is 18.2 Å². The third-order valence-electron chi connectivity index (χ3n) is 4.07. The number of methoxy groups -OCH3 is 1. The van der Waals surface area contributed by atoms with E-state index in [4.69, 9.17) is 14.6 Å². The van der Waals surface area contributed by atoms with Crippen LogP contribution in [0.5, 0.6) is 5.75 Å². The van der Waals surface area contributed by atoms with E-state index in [0.29, 0.717) is 37.4 Å². The monoisotopic (exact) mass is 307 g/mol. The molecule has 0 unspecified atom stereocenters. The summed E-state index contributed by atoms with van der Waals surface area (Å²) in [6.07, 6.45) is 0.882. The molecule has 2 N–H and O–H groups in total. The van der Waals surface area contributed by atoms with Crippen LogP contribution in [0.3, 0.4) is 0 Å². The summed E-state index contributed by atoms with van der Waals surface area (Å²) < 4.78 is 10.5. The average molecular weight is 307 g/mol. The van der Waals surface area contributed by atoms with Gasteiger partial charge in [0.1, 0.15) is 5.75 Å². The molecular formula is C16H21NO5. The fourth-order valence-corrected chi connectivity index (χ4v) is 2.79. The molecule has 0 saturated carbocycles. The van der Waals surface area contributed by atoms with Crippen molar-refractivity contribution in [1.29, 1.82) is 0 Å². The number of nitrogens with one attached hydrogen (secondary N) is 1. The molecule has 1 aliphatic heterocycles. The van der Waals surface area contributed by atoms with Gasteiger partial charge in [-0.2, -0.15) is 0 Å². The topological polar surface area (TPSA) is 84.9 Å². The Morgan fingerprint density at radius 1 is 1.36 bits per heavy atom. The molecule has 0 aliphatic carbocycles. The molecule has 0 bridgehead atoms. The predicted molar refractivity (Wildman–Crippen MR) is 80.2 cm³/mol. The summed E-state index contributed by atoms with van der Waals surface area (Å²) in [6, 6.07) is 5.24. The zero-order chi connectivity index (χ0) is 16.2. The Hall–Kier alpha value is -2.08. The van der Waals surface area contributed by atoms with Gasteiger partial charge in [0.15, 0.2) is 0 Å². The van der Waals surface area contributed by atoms with Crippen molar-refractivity contribution in [1.82, 2.24) is 5.32 Å². The highest BCUT2D eigenvalue weighted by Gasteiger charge is 2.36. The van der Waals surface area contributed by atoms with Crippen LogP contribution in [-0.2, 0) is 9.53 Å². The molecule has 0 radical (unpaired) electrons. The number of benzene rings is 1. The number of hydrogen-bond acceptors (Lipinski definition) is 4. The van der Waals surface area contributed by atoms with E-state index < -0.39 is 11.5 Å². The van der Waals surface area contributed by atoms with Crippen molar-refractivity contribution in [2.75, 3.05) is 20.3 Å². The van der Waals surface area contributed by atoms with E-state index in [0.717, 1.165) is 5.56 Å². The number of carboxylic acids is 1. The Kier molecular flexibility index (Phi) is 5.03. The van der Waals surface area contributed by atoms with Gasteiger partial charge < -0.3 is 19.9 Å². The van der Waals surface area contributed by atoms with Gasteiger partial charge in [0, 0.05) is 24.3 Å². The Labute approximate surface area is 129 Å². The molecule has 1 amide bonds. The first-order valence-electron chi connectivity index (χ1n) is 7.23. The van der Waals surface area contributed by atoms with Gasteiger partial charge in [-0.3, -0.25) is 9.59 Å². The van der Waals surface area contributed by atoms with E-state index >= 15 is 0 Å². The Morgan fingerprint density at radius 3 is 2.64 bits per heavy atom. The zero-order valence-corrected chi connectivity index (χ0v) is 12.8. The van der Waals surface area contributed by atoms with Crippen molar-refractivity contribution < 1.29 is 24.2 Å². The van der Waals surface area contributed by atoms with Crippen molar-refractivity contribution in [3.05, 3.63) is 29.3 Å². The van der Waals surface area contributed by atoms with Gasteiger partial charge in [-0.25, -0.2) is 0 Å². The Morgan fingerprint density at radius 2 is 2.05 bits per heavy atom. The molecule has 0 atom stereocenters. The minimum Gasteiger partial charge on any atom is -0.496 e. The second-order valence-corrected chi connectivity index (χ2v) is 5.55. The maximum absolute atomic E-state index is 12.6. The molecule has 1 aromatic carbocycles. The number of rotatable bonds is 5. The molecule has 1 heterocycles. The van der Waals surface area contributed by atoms with Crippen LogP contribution in [0.25, 0.3) is 0 Å². The number of amides is 1. The Balaban J connectivity index is 2.23. The molecule has 1 aromatic rings. The SMILES string of the molecule is COc1cccc(C(=O)NC2(CC(=O)O)CCOCC2)c1C. The molecular weight excluding hydrogens is 286 g/mol. The van der Waals surface area contributed by atoms with Crippen LogP contribution in [-0.4, -0.2) is 42.8 Å². The van der Waals surface area contributed by atoms with Crippen LogP contribution in [0, 0.1) is 6.92 Å². The van der Waals surface area contributed by atoms with E-state index in [1.54, 1.807) is 25.3 Å².